The van der Waals surface area contributed by atoms with E-state index in [4.69, 9.17) is 4.74 Å². The number of hydrogen-bond donors (Lipinski definition) is 0. The smallest absolute Gasteiger partial charge is 0.302 e. The van der Waals surface area contributed by atoms with E-state index in [0.29, 0.717) is 12.5 Å². The molecule has 2 nitrogen and oxygen atoms in total. The first kappa shape index (κ1) is 9.68. The van der Waals surface area contributed by atoms with Gasteiger partial charge in [0.25, 0.3) is 0 Å². The van der Waals surface area contributed by atoms with Gasteiger partial charge >= 0.3 is 5.97 Å². The third-order valence-electron chi connectivity index (χ3n) is 5.01. The van der Waals surface area contributed by atoms with Crippen molar-refractivity contribution in [2.45, 2.75) is 39.0 Å². The Morgan fingerprint density at radius 1 is 1.13 bits per heavy atom. The lowest BCUT2D eigenvalue weighted by Gasteiger charge is -2.23. The van der Waals surface area contributed by atoms with Crippen molar-refractivity contribution in [1.82, 2.24) is 0 Å². The zero-order valence-corrected chi connectivity index (χ0v) is 9.45. The van der Waals surface area contributed by atoms with Crippen LogP contribution in [0.4, 0.5) is 0 Å². The fourth-order valence-corrected chi connectivity index (χ4v) is 4.50. The van der Waals surface area contributed by atoms with Crippen molar-refractivity contribution < 1.29 is 9.53 Å². The number of carbonyl (C=O) groups is 1. The Labute approximate surface area is 91.4 Å². The van der Waals surface area contributed by atoms with Gasteiger partial charge in [0.15, 0.2) is 0 Å². The van der Waals surface area contributed by atoms with Gasteiger partial charge in [-0.25, -0.2) is 0 Å². The second-order valence-corrected chi connectivity index (χ2v) is 5.80. The maximum Gasteiger partial charge on any atom is 0.302 e. The summed E-state index contributed by atoms with van der Waals surface area (Å²) in [6.07, 6.45) is 7.13. The third kappa shape index (κ3) is 1.58. The van der Waals surface area contributed by atoms with Crippen molar-refractivity contribution in [3.63, 3.8) is 0 Å². The number of esters is 1. The van der Waals surface area contributed by atoms with Crippen LogP contribution >= 0.6 is 0 Å². The SMILES string of the molecule is CC(=O)OCC1CC2C(C1)[C@H]1CC[C@@H]2C1. The molecule has 3 fully saturated rings. The lowest BCUT2D eigenvalue weighted by atomic mass is 9.82. The Kier molecular flexibility index (Phi) is 2.26. The predicted octanol–water partition coefficient (Wildman–Crippen LogP) is 2.62. The topological polar surface area (TPSA) is 26.3 Å². The van der Waals surface area contributed by atoms with Crippen LogP contribution in [-0.4, -0.2) is 12.6 Å². The summed E-state index contributed by atoms with van der Waals surface area (Å²) < 4.78 is 5.14. The normalized spacial score (nSPS) is 46.9. The Hall–Kier alpha value is -0.530. The first-order chi connectivity index (χ1) is 7.24. The van der Waals surface area contributed by atoms with Crippen LogP contribution in [0.25, 0.3) is 0 Å². The molecule has 0 aromatic heterocycles. The van der Waals surface area contributed by atoms with Crippen LogP contribution < -0.4 is 0 Å². The van der Waals surface area contributed by atoms with E-state index in [9.17, 15) is 4.79 Å². The zero-order chi connectivity index (χ0) is 10.4. The molecule has 0 aromatic rings. The van der Waals surface area contributed by atoms with Gasteiger partial charge in [0.2, 0.25) is 0 Å². The van der Waals surface area contributed by atoms with Crippen molar-refractivity contribution in [1.29, 1.82) is 0 Å². The highest BCUT2D eigenvalue weighted by Crippen LogP contribution is 2.59. The Balaban J connectivity index is 1.57. The number of ether oxygens (including phenoxy) is 1. The number of hydrogen-bond acceptors (Lipinski definition) is 2. The molecule has 0 radical (unpaired) electrons. The molecule has 0 aliphatic heterocycles. The van der Waals surface area contributed by atoms with E-state index in [-0.39, 0.29) is 5.97 Å². The molecule has 15 heavy (non-hydrogen) atoms. The molecule has 0 saturated heterocycles. The van der Waals surface area contributed by atoms with Crippen LogP contribution in [0.1, 0.15) is 39.0 Å². The first-order valence-electron chi connectivity index (χ1n) is 6.37. The lowest BCUT2D eigenvalue weighted by Crippen LogP contribution is -2.15. The van der Waals surface area contributed by atoms with Gasteiger partial charge in [0, 0.05) is 6.92 Å². The van der Waals surface area contributed by atoms with Gasteiger partial charge in [-0.05, 0) is 61.7 Å². The van der Waals surface area contributed by atoms with Crippen molar-refractivity contribution in [2.75, 3.05) is 6.61 Å². The van der Waals surface area contributed by atoms with E-state index in [2.05, 4.69) is 0 Å². The van der Waals surface area contributed by atoms with Gasteiger partial charge in [0.1, 0.15) is 0 Å². The monoisotopic (exact) mass is 208 g/mol. The van der Waals surface area contributed by atoms with Gasteiger partial charge in [-0.1, -0.05) is 0 Å². The van der Waals surface area contributed by atoms with E-state index < -0.39 is 0 Å². The van der Waals surface area contributed by atoms with Crippen LogP contribution in [0.15, 0.2) is 0 Å². The summed E-state index contributed by atoms with van der Waals surface area (Å²) in [4.78, 5) is 10.8. The standard InChI is InChI=1S/C13H20O2/c1-8(14)15-7-9-4-12-10-2-3-11(6-10)13(12)5-9/h9-13H,2-7H2,1H3/t9?,10-,11+,12?,13?. The molecular formula is C13H20O2. The Bertz CT molecular complexity index is 256. The molecule has 3 saturated carbocycles. The second kappa shape index (κ2) is 3.50. The minimum Gasteiger partial charge on any atom is -0.466 e. The summed E-state index contributed by atoms with van der Waals surface area (Å²) in [6.45, 7) is 2.20. The van der Waals surface area contributed by atoms with Crippen molar-refractivity contribution in [3.05, 3.63) is 0 Å². The highest BCUT2D eigenvalue weighted by Gasteiger charge is 2.51. The quantitative estimate of drug-likeness (QED) is 0.652. The van der Waals surface area contributed by atoms with Crippen molar-refractivity contribution >= 4 is 5.97 Å². The van der Waals surface area contributed by atoms with E-state index in [1.807, 2.05) is 0 Å². The highest BCUT2D eigenvalue weighted by atomic mass is 16.5. The van der Waals surface area contributed by atoms with Gasteiger partial charge in [-0.3, -0.25) is 4.79 Å². The Morgan fingerprint density at radius 3 is 2.27 bits per heavy atom. The van der Waals surface area contributed by atoms with Gasteiger partial charge in [0.05, 0.1) is 6.61 Å². The average Bonchev–Trinajstić information content (AvgIpc) is 2.86. The third-order valence-corrected chi connectivity index (χ3v) is 5.01. The van der Waals surface area contributed by atoms with E-state index in [1.54, 1.807) is 0 Å². The molecule has 3 unspecified atom stereocenters. The average molecular weight is 208 g/mol. The molecule has 0 heterocycles. The van der Waals surface area contributed by atoms with Crippen LogP contribution in [0.5, 0.6) is 0 Å². The molecule has 0 N–H and O–H groups in total. The summed E-state index contributed by atoms with van der Waals surface area (Å²) in [5.74, 6) is 4.60. The number of carbonyl (C=O) groups excluding carboxylic acids is 1. The molecule has 2 heteroatoms. The fourth-order valence-electron chi connectivity index (χ4n) is 4.50. The van der Waals surface area contributed by atoms with Crippen molar-refractivity contribution in [2.24, 2.45) is 29.6 Å². The minimum atomic E-state index is -0.116. The second-order valence-electron chi connectivity index (χ2n) is 5.80. The molecule has 5 atom stereocenters. The zero-order valence-electron chi connectivity index (χ0n) is 9.45. The Morgan fingerprint density at radius 2 is 1.73 bits per heavy atom. The molecule has 3 aliphatic rings. The van der Waals surface area contributed by atoms with Gasteiger partial charge < -0.3 is 4.74 Å². The molecule has 84 valence electrons. The minimum absolute atomic E-state index is 0.116. The van der Waals surface area contributed by atoms with E-state index in [0.717, 1.165) is 23.7 Å². The molecule has 0 aromatic carbocycles. The first-order valence-corrected chi connectivity index (χ1v) is 6.37. The molecule has 0 spiro atoms. The number of fused-ring (bicyclic) bond motifs is 5. The summed E-state index contributed by atoms with van der Waals surface area (Å²) in [7, 11) is 0. The summed E-state index contributed by atoms with van der Waals surface area (Å²) in [6, 6.07) is 0. The summed E-state index contributed by atoms with van der Waals surface area (Å²) >= 11 is 0. The fraction of sp³-hybridized carbons (Fsp3) is 0.923. The maximum absolute atomic E-state index is 10.8. The van der Waals surface area contributed by atoms with Crippen LogP contribution in [0.2, 0.25) is 0 Å². The maximum atomic E-state index is 10.8. The predicted molar refractivity (Wildman–Crippen MR) is 57.2 cm³/mol. The number of rotatable bonds is 2. The largest absolute Gasteiger partial charge is 0.466 e. The molecular weight excluding hydrogens is 188 g/mol. The van der Waals surface area contributed by atoms with Gasteiger partial charge in [-0.2, -0.15) is 0 Å². The summed E-state index contributed by atoms with van der Waals surface area (Å²) in [5.41, 5.74) is 0. The van der Waals surface area contributed by atoms with E-state index >= 15 is 0 Å². The molecule has 2 bridgehead atoms. The highest BCUT2D eigenvalue weighted by molar-refractivity contribution is 5.65. The van der Waals surface area contributed by atoms with Crippen LogP contribution in [-0.2, 0) is 9.53 Å². The van der Waals surface area contributed by atoms with Crippen LogP contribution in [0.3, 0.4) is 0 Å². The molecule has 0 amide bonds. The van der Waals surface area contributed by atoms with E-state index in [1.165, 1.54) is 39.0 Å². The lowest BCUT2D eigenvalue weighted by molar-refractivity contribution is -0.142. The van der Waals surface area contributed by atoms with Gasteiger partial charge in [-0.15, -0.1) is 0 Å². The molecule has 3 rings (SSSR count). The van der Waals surface area contributed by atoms with Crippen LogP contribution in [0, 0.1) is 29.6 Å². The molecule has 3 aliphatic carbocycles. The van der Waals surface area contributed by atoms with Crippen molar-refractivity contribution in [3.8, 4) is 0 Å². The summed E-state index contributed by atoms with van der Waals surface area (Å²) in [5, 5.41) is 0.